The summed E-state index contributed by atoms with van der Waals surface area (Å²) in [6, 6.07) is 15.9. The summed E-state index contributed by atoms with van der Waals surface area (Å²) in [5.74, 6) is 0.531. The number of aromatic nitrogens is 2. The third-order valence-electron chi connectivity index (χ3n) is 3.36. The first-order valence-corrected chi connectivity index (χ1v) is 6.52. The van der Waals surface area contributed by atoms with Gasteiger partial charge in [-0.3, -0.25) is 0 Å². The minimum atomic E-state index is 0.115. The van der Waals surface area contributed by atoms with E-state index in [0.717, 1.165) is 21.6 Å². The first-order valence-electron chi connectivity index (χ1n) is 6.15. The highest BCUT2D eigenvalue weighted by Gasteiger charge is 2.15. The standard InChI is InChI=1S/C15H14ClN3/c1-10(11-6-8-12(16)9-7-11)19-14-5-3-2-4-13(14)18-15(19)17/h2-10H,1H3,(H2,17,18). The molecule has 0 bridgehead atoms. The molecule has 0 amide bonds. The van der Waals surface area contributed by atoms with E-state index in [4.69, 9.17) is 17.3 Å². The van der Waals surface area contributed by atoms with Crippen LogP contribution in [-0.2, 0) is 0 Å². The molecule has 2 N–H and O–H groups in total. The predicted molar refractivity (Wildman–Crippen MR) is 79.4 cm³/mol. The number of nitrogens with two attached hydrogens (primary N) is 1. The Bertz CT molecular complexity index is 716. The highest BCUT2D eigenvalue weighted by molar-refractivity contribution is 6.30. The van der Waals surface area contributed by atoms with Crippen LogP contribution in [0.15, 0.2) is 48.5 Å². The molecule has 3 rings (SSSR count). The summed E-state index contributed by atoms with van der Waals surface area (Å²) in [5, 5.41) is 0.736. The summed E-state index contributed by atoms with van der Waals surface area (Å²) >= 11 is 5.92. The molecule has 0 aliphatic carbocycles. The molecular formula is C15H14ClN3. The third kappa shape index (κ3) is 2.06. The zero-order valence-electron chi connectivity index (χ0n) is 10.5. The van der Waals surface area contributed by atoms with Crippen molar-refractivity contribution in [2.24, 2.45) is 0 Å². The average molecular weight is 272 g/mol. The van der Waals surface area contributed by atoms with Crippen molar-refractivity contribution in [2.75, 3.05) is 5.73 Å². The van der Waals surface area contributed by atoms with Crippen LogP contribution in [0, 0.1) is 0 Å². The maximum Gasteiger partial charge on any atom is 0.201 e. The van der Waals surface area contributed by atoms with E-state index in [9.17, 15) is 0 Å². The minimum absolute atomic E-state index is 0.115. The Balaban J connectivity index is 2.13. The summed E-state index contributed by atoms with van der Waals surface area (Å²) in [7, 11) is 0. The zero-order chi connectivity index (χ0) is 13.4. The lowest BCUT2D eigenvalue weighted by atomic mass is 10.1. The lowest BCUT2D eigenvalue weighted by Gasteiger charge is -2.16. The van der Waals surface area contributed by atoms with E-state index >= 15 is 0 Å². The molecule has 0 saturated heterocycles. The number of hydrogen-bond donors (Lipinski definition) is 1. The normalized spacial score (nSPS) is 12.7. The molecule has 1 unspecified atom stereocenters. The van der Waals surface area contributed by atoms with E-state index in [1.54, 1.807) is 0 Å². The quantitative estimate of drug-likeness (QED) is 0.769. The summed E-state index contributed by atoms with van der Waals surface area (Å²) in [6.45, 7) is 2.10. The fourth-order valence-electron chi connectivity index (χ4n) is 2.36. The lowest BCUT2D eigenvalue weighted by Crippen LogP contribution is -2.10. The van der Waals surface area contributed by atoms with Gasteiger partial charge in [0.25, 0.3) is 0 Å². The van der Waals surface area contributed by atoms with E-state index < -0.39 is 0 Å². The van der Waals surface area contributed by atoms with Crippen molar-refractivity contribution in [2.45, 2.75) is 13.0 Å². The molecule has 1 aromatic heterocycles. The summed E-state index contributed by atoms with van der Waals surface area (Å²) in [6.07, 6.45) is 0. The summed E-state index contributed by atoms with van der Waals surface area (Å²) in [5.41, 5.74) is 9.16. The van der Waals surface area contributed by atoms with Gasteiger partial charge in [0.2, 0.25) is 5.95 Å². The molecule has 0 spiro atoms. The molecule has 3 nitrogen and oxygen atoms in total. The second-order valence-electron chi connectivity index (χ2n) is 4.56. The Kier molecular flexibility index (Phi) is 2.91. The number of para-hydroxylation sites is 2. The van der Waals surface area contributed by atoms with Crippen LogP contribution in [0.1, 0.15) is 18.5 Å². The Morgan fingerprint density at radius 3 is 2.53 bits per heavy atom. The molecule has 0 aliphatic rings. The summed E-state index contributed by atoms with van der Waals surface area (Å²) in [4.78, 5) is 4.39. The van der Waals surface area contributed by atoms with Crippen LogP contribution in [0.2, 0.25) is 5.02 Å². The van der Waals surface area contributed by atoms with Gasteiger partial charge in [0.15, 0.2) is 0 Å². The van der Waals surface area contributed by atoms with Crippen molar-refractivity contribution < 1.29 is 0 Å². The van der Waals surface area contributed by atoms with Gasteiger partial charge in [-0.25, -0.2) is 4.98 Å². The zero-order valence-corrected chi connectivity index (χ0v) is 11.3. The topological polar surface area (TPSA) is 43.8 Å². The Morgan fingerprint density at radius 2 is 1.79 bits per heavy atom. The fraction of sp³-hybridized carbons (Fsp3) is 0.133. The van der Waals surface area contributed by atoms with Crippen molar-refractivity contribution in [1.82, 2.24) is 9.55 Å². The van der Waals surface area contributed by atoms with Crippen molar-refractivity contribution in [3.63, 3.8) is 0 Å². The van der Waals surface area contributed by atoms with Gasteiger partial charge in [-0.2, -0.15) is 0 Å². The van der Waals surface area contributed by atoms with Gasteiger partial charge in [-0.15, -0.1) is 0 Å². The number of imidazole rings is 1. The van der Waals surface area contributed by atoms with E-state index in [2.05, 4.69) is 11.9 Å². The van der Waals surface area contributed by atoms with Gasteiger partial charge >= 0.3 is 0 Å². The number of fused-ring (bicyclic) bond motifs is 1. The smallest absolute Gasteiger partial charge is 0.201 e. The van der Waals surface area contributed by atoms with Gasteiger partial charge in [0.05, 0.1) is 17.1 Å². The first kappa shape index (κ1) is 12.1. The molecule has 2 aromatic carbocycles. The number of anilines is 1. The SMILES string of the molecule is CC(c1ccc(Cl)cc1)n1c(N)nc2ccccc21. The number of nitrogens with zero attached hydrogens (tertiary/aromatic N) is 2. The van der Waals surface area contributed by atoms with Crippen LogP contribution in [0.25, 0.3) is 11.0 Å². The van der Waals surface area contributed by atoms with E-state index in [0.29, 0.717) is 5.95 Å². The molecule has 96 valence electrons. The lowest BCUT2D eigenvalue weighted by molar-refractivity contribution is 0.668. The van der Waals surface area contributed by atoms with Crippen molar-refractivity contribution in [3.05, 3.63) is 59.1 Å². The Labute approximate surface area is 116 Å². The molecule has 19 heavy (non-hydrogen) atoms. The number of halogens is 1. The van der Waals surface area contributed by atoms with Gasteiger partial charge in [0.1, 0.15) is 0 Å². The average Bonchev–Trinajstić information content (AvgIpc) is 2.74. The van der Waals surface area contributed by atoms with Gasteiger partial charge in [0, 0.05) is 5.02 Å². The number of nitrogen functional groups attached to an aromatic ring is 1. The number of hydrogen-bond acceptors (Lipinski definition) is 2. The van der Waals surface area contributed by atoms with Crippen molar-refractivity contribution >= 4 is 28.6 Å². The van der Waals surface area contributed by atoms with E-state index in [-0.39, 0.29) is 6.04 Å². The van der Waals surface area contributed by atoms with Crippen LogP contribution < -0.4 is 5.73 Å². The van der Waals surface area contributed by atoms with Gasteiger partial charge < -0.3 is 10.3 Å². The highest BCUT2D eigenvalue weighted by Crippen LogP contribution is 2.27. The van der Waals surface area contributed by atoms with Crippen molar-refractivity contribution in [1.29, 1.82) is 0 Å². The van der Waals surface area contributed by atoms with Crippen LogP contribution in [0.5, 0.6) is 0 Å². The third-order valence-corrected chi connectivity index (χ3v) is 3.61. The number of benzene rings is 2. The maximum atomic E-state index is 6.05. The molecule has 1 heterocycles. The second-order valence-corrected chi connectivity index (χ2v) is 4.99. The molecule has 0 radical (unpaired) electrons. The molecule has 0 saturated carbocycles. The van der Waals surface area contributed by atoms with Crippen LogP contribution in [-0.4, -0.2) is 9.55 Å². The monoisotopic (exact) mass is 271 g/mol. The highest BCUT2D eigenvalue weighted by atomic mass is 35.5. The summed E-state index contributed by atoms with van der Waals surface area (Å²) < 4.78 is 2.04. The van der Waals surface area contributed by atoms with Crippen molar-refractivity contribution in [3.8, 4) is 0 Å². The van der Waals surface area contributed by atoms with E-state index in [1.165, 1.54) is 0 Å². The molecule has 3 aromatic rings. The molecule has 1 atom stereocenters. The number of rotatable bonds is 2. The van der Waals surface area contributed by atoms with Crippen LogP contribution >= 0.6 is 11.6 Å². The largest absolute Gasteiger partial charge is 0.369 e. The van der Waals surface area contributed by atoms with Gasteiger partial charge in [-0.1, -0.05) is 35.9 Å². The maximum absolute atomic E-state index is 6.05. The Morgan fingerprint density at radius 1 is 1.11 bits per heavy atom. The van der Waals surface area contributed by atoms with Crippen LogP contribution in [0.3, 0.4) is 0 Å². The first-order chi connectivity index (χ1) is 9.16. The molecule has 0 aliphatic heterocycles. The van der Waals surface area contributed by atoms with E-state index in [1.807, 2.05) is 53.1 Å². The fourth-order valence-corrected chi connectivity index (χ4v) is 2.49. The molecule has 0 fully saturated rings. The van der Waals surface area contributed by atoms with Gasteiger partial charge in [-0.05, 0) is 36.8 Å². The molecule has 4 heteroatoms. The second kappa shape index (κ2) is 4.59. The predicted octanol–water partition coefficient (Wildman–Crippen LogP) is 3.88. The van der Waals surface area contributed by atoms with Crippen LogP contribution in [0.4, 0.5) is 5.95 Å². The molecular weight excluding hydrogens is 258 g/mol. The minimum Gasteiger partial charge on any atom is -0.369 e. The Hall–Kier alpha value is -2.00.